The molecule has 0 unspecified atom stereocenters. The summed E-state index contributed by atoms with van der Waals surface area (Å²) in [4.78, 5) is 0.368. The molecule has 4 nitrogen and oxygen atoms in total. The smallest absolute Gasteiger partial charge is 0.243 e. The van der Waals surface area contributed by atoms with E-state index in [1.165, 1.54) is 0 Å². The summed E-state index contributed by atoms with van der Waals surface area (Å²) in [5, 5.41) is 0. The minimum absolute atomic E-state index is 0.00934. The number of piperidine rings is 1. The lowest BCUT2D eigenvalue weighted by Gasteiger charge is -2.31. The summed E-state index contributed by atoms with van der Waals surface area (Å²) in [5.74, 6) is 0.839. The van der Waals surface area contributed by atoms with Gasteiger partial charge in [-0.25, -0.2) is 8.42 Å². The van der Waals surface area contributed by atoms with Gasteiger partial charge in [0.25, 0.3) is 0 Å². The van der Waals surface area contributed by atoms with Crippen LogP contribution in [0.5, 0.6) is 5.75 Å². The number of ether oxygens (including phenoxy) is 1. The molecule has 140 valence electrons. The third-order valence-corrected chi connectivity index (χ3v) is 6.72. The van der Waals surface area contributed by atoms with Gasteiger partial charge in [0.15, 0.2) is 0 Å². The average molecular weight is 374 g/mol. The maximum Gasteiger partial charge on any atom is 0.243 e. The first-order chi connectivity index (χ1) is 12.3. The summed E-state index contributed by atoms with van der Waals surface area (Å²) in [6.07, 6.45) is 1.47. The second kappa shape index (κ2) is 7.41. The van der Waals surface area contributed by atoms with Crippen molar-refractivity contribution in [2.45, 2.75) is 50.0 Å². The first kappa shape index (κ1) is 18.9. The number of sulfonamides is 1. The van der Waals surface area contributed by atoms with Crippen molar-refractivity contribution in [2.24, 2.45) is 0 Å². The average Bonchev–Trinajstić information content (AvgIpc) is 2.62. The Morgan fingerprint density at radius 3 is 2.04 bits per heavy atom. The Kier molecular flexibility index (Phi) is 5.39. The van der Waals surface area contributed by atoms with Crippen LogP contribution in [0.3, 0.4) is 0 Å². The molecule has 2 aromatic carbocycles. The Hall–Kier alpha value is -1.85. The normalized spacial score (nSPS) is 17.2. The van der Waals surface area contributed by atoms with Gasteiger partial charge in [0.1, 0.15) is 11.9 Å². The van der Waals surface area contributed by atoms with Gasteiger partial charge in [-0.05, 0) is 48.1 Å². The standard InChI is InChI=1S/C21H27NO3S/c1-21(2,3)17-9-11-20(12-10-17)26(23,24)22-15-13-19(14-16-22)25-18-7-5-4-6-8-18/h4-12,19H,13-16H2,1-3H3. The van der Waals surface area contributed by atoms with Crippen molar-refractivity contribution in [1.29, 1.82) is 0 Å². The molecule has 3 rings (SSSR count). The number of rotatable bonds is 4. The molecule has 26 heavy (non-hydrogen) atoms. The van der Waals surface area contributed by atoms with Crippen molar-refractivity contribution in [3.05, 3.63) is 60.2 Å². The predicted molar refractivity (Wildman–Crippen MR) is 104 cm³/mol. The largest absolute Gasteiger partial charge is 0.490 e. The van der Waals surface area contributed by atoms with E-state index in [0.29, 0.717) is 30.8 Å². The minimum atomic E-state index is -3.44. The zero-order valence-electron chi connectivity index (χ0n) is 15.7. The van der Waals surface area contributed by atoms with Gasteiger partial charge in [-0.3, -0.25) is 0 Å². The highest BCUT2D eigenvalue weighted by molar-refractivity contribution is 7.89. The fourth-order valence-corrected chi connectivity index (χ4v) is 4.63. The number of nitrogens with zero attached hydrogens (tertiary/aromatic N) is 1. The van der Waals surface area contributed by atoms with Gasteiger partial charge in [0, 0.05) is 13.1 Å². The van der Waals surface area contributed by atoms with Crippen LogP contribution in [0.25, 0.3) is 0 Å². The summed E-state index contributed by atoms with van der Waals surface area (Å²) < 4.78 is 33.3. The van der Waals surface area contributed by atoms with Crippen molar-refractivity contribution in [1.82, 2.24) is 4.31 Å². The van der Waals surface area contributed by atoms with Crippen LogP contribution in [0.4, 0.5) is 0 Å². The molecule has 0 atom stereocenters. The zero-order valence-corrected chi connectivity index (χ0v) is 16.5. The highest BCUT2D eigenvalue weighted by Crippen LogP contribution is 2.27. The molecule has 1 aliphatic rings. The highest BCUT2D eigenvalue weighted by Gasteiger charge is 2.30. The van der Waals surface area contributed by atoms with Crippen LogP contribution in [0.2, 0.25) is 0 Å². The summed E-state index contributed by atoms with van der Waals surface area (Å²) in [5.41, 5.74) is 1.14. The molecule has 0 amide bonds. The number of benzene rings is 2. The molecule has 5 heteroatoms. The Balaban J connectivity index is 1.64. The van der Waals surface area contributed by atoms with E-state index in [4.69, 9.17) is 4.74 Å². The van der Waals surface area contributed by atoms with E-state index in [1.54, 1.807) is 16.4 Å². The van der Waals surface area contributed by atoms with Gasteiger partial charge in [0.05, 0.1) is 4.90 Å². The van der Waals surface area contributed by atoms with Gasteiger partial charge < -0.3 is 4.74 Å². The molecular formula is C21H27NO3S. The number of para-hydroxylation sites is 1. The Bertz CT molecular complexity index is 816. The topological polar surface area (TPSA) is 46.6 Å². The van der Waals surface area contributed by atoms with E-state index in [-0.39, 0.29) is 11.5 Å². The lowest BCUT2D eigenvalue weighted by molar-refractivity contribution is 0.135. The Morgan fingerprint density at radius 1 is 0.923 bits per heavy atom. The Morgan fingerprint density at radius 2 is 1.50 bits per heavy atom. The van der Waals surface area contributed by atoms with Crippen LogP contribution >= 0.6 is 0 Å². The molecular weight excluding hydrogens is 346 g/mol. The first-order valence-electron chi connectivity index (χ1n) is 9.09. The SMILES string of the molecule is CC(C)(C)c1ccc(S(=O)(=O)N2CCC(Oc3ccccc3)CC2)cc1. The maximum absolute atomic E-state index is 12.9. The van der Waals surface area contributed by atoms with Crippen molar-refractivity contribution in [3.8, 4) is 5.75 Å². The maximum atomic E-state index is 12.9. The van der Waals surface area contributed by atoms with Crippen LogP contribution in [0.1, 0.15) is 39.2 Å². The monoisotopic (exact) mass is 373 g/mol. The molecule has 1 fully saturated rings. The fraction of sp³-hybridized carbons (Fsp3) is 0.429. The molecule has 0 bridgehead atoms. The second-order valence-electron chi connectivity index (χ2n) is 7.81. The molecule has 0 aliphatic carbocycles. The van der Waals surface area contributed by atoms with Crippen LogP contribution in [-0.4, -0.2) is 31.9 Å². The fourth-order valence-electron chi connectivity index (χ4n) is 3.16. The molecule has 0 N–H and O–H groups in total. The second-order valence-corrected chi connectivity index (χ2v) is 9.75. The molecule has 2 aromatic rings. The van der Waals surface area contributed by atoms with Gasteiger partial charge in [-0.2, -0.15) is 4.31 Å². The minimum Gasteiger partial charge on any atom is -0.490 e. The molecule has 0 radical (unpaired) electrons. The highest BCUT2D eigenvalue weighted by atomic mass is 32.2. The van der Waals surface area contributed by atoms with Gasteiger partial charge >= 0.3 is 0 Å². The van der Waals surface area contributed by atoms with Gasteiger partial charge in [-0.15, -0.1) is 0 Å². The van der Waals surface area contributed by atoms with Crippen molar-refractivity contribution in [2.75, 3.05) is 13.1 Å². The molecule has 1 saturated heterocycles. The predicted octanol–water partition coefficient (Wildman–Crippen LogP) is 4.22. The first-order valence-corrected chi connectivity index (χ1v) is 10.5. The lowest BCUT2D eigenvalue weighted by Crippen LogP contribution is -2.41. The van der Waals surface area contributed by atoms with E-state index in [0.717, 1.165) is 11.3 Å². The number of hydrogen-bond donors (Lipinski definition) is 0. The quantitative estimate of drug-likeness (QED) is 0.806. The van der Waals surface area contributed by atoms with E-state index in [9.17, 15) is 8.42 Å². The molecule has 1 heterocycles. The van der Waals surface area contributed by atoms with Crippen molar-refractivity contribution < 1.29 is 13.2 Å². The summed E-state index contributed by atoms with van der Waals surface area (Å²) in [7, 11) is -3.44. The van der Waals surface area contributed by atoms with Crippen molar-refractivity contribution in [3.63, 3.8) is 0 Å². The summed E-state index contributed by atoms with van der Waals surface area (Å²) >= 11 is 0. The van der Waals surface area contributed by atoms with Gasteiger partial charge in [-0.1, -0.05) is 51.1 Å². The number of hydrogen-bond acceptors (Lipinski definition) is 3. The summed E-state index contributed by atoms with van der Waals surface area (Å²) in [6, 6.07) is 17.0. The van der Waals surface area contributed by atoms with E-state index in [1.807, 2.05) is 42.5 Å². The zero-order chi connectivity index (χ0) is 18.8. The summed E-state index contributed by atoms with van der Waals surface area (Å²) in [6.45, 7) is 7.33. The van der Waals surface area contributed by atoms with Gasteiger partial charge in [0.2, 0.25) is 10.0 Å². The van der Waals surface area contributed by atoms with Crippen LogP contribution in [-0.2, 0) is 15.4 Å². The van der Waals surface area contributed by atoms with Crippen LogP contribution < -0.4 is 4.74 Å². The lowest BCUT2D eigenvalue weighted by atomic mass is 9.87. The molecule has 0 saturated carbocycles. The third kappa shape index (κ3) is 4.27. The Labute approximate surface area is 156 Å². The van der Waals surface area contributed by atoms with Crippen LogP contribution in [0, 0.1) is 0 Å². The molecule has 1 aliphatic heterocycles. The van der Waals surface area contributed by atoms with E-state index in [2.05, 4.69) is 20.8 Å². The molecule has 0 spiro atoms. The van der Waals surface area contributed by atoms with Crippen molar-refractivity contribution >= 4 is 10.0 Å². The molecule has 0 aromatic heterocycles. The third-order valence-electron chi connectivity index (χ3n) is 4.81. The van der Waals surface area contributed by atoms with E-state index < -0.39 is 10.0 Å². The van der Waals surface area contributed by atoms with E-state index >= 15 is 0 Å². The van der Waals surface area contributed by atoms with Crippen LogP contribution in [0.15, 0.2) is 59.5 Å².